The minimum Gasteiger partial charge on any atom is -0.310 e. The van der Waals surface area contributed by atoms with E-state index in [1.54, 1.807) is 12.1 Å². The maximum absolute atomic E-state index is 14.1. The Morgan fingerprint density at radius 2 is 1.86 bits per heavy atom. The van der Waals surface area contributed by atoms with E-state index in [1.165, 1.54) is 18.2 Å². The molecule has 1 atom stereocenters. The molecule has 4 heteroatoms. The van der Waals surface area contributed by atoms with E-state index in [4.69, 9.17) is 11.6 Å². The molecule has 0 heterocycles. The molecule has 0 radical (unpaired) electrons. The fourth-order valence-corrected chi connectivity index (χ4v) is 2.49. The molecule has 0 saturated carbocycles. The van der Waals surface area contributed by atoms with Gasteiger partial charge in [-0.05, 0) is 43.7 Å². The summed E-state index contributed by atoms with van der Waals surface area (Å²) in [5.41, 5.74) is 2.38. The molecular weight excluding hydrogens is 292 g/mol. The summed E-state index contributed by atoms with van der Waals surface area (Å²) in [6.45, 7) is 4.59. The summed E-state index contributed by atoms with van der Waals surface area (Å²) in [5, 5.41) is 3.35. The van der Waals surface area contributed by atoms with Crippen molar-refractivity contribution >= 4 is 11.6 Å². The quantitative estimate of drug-likeness (QED) is 0.835. The van der Waals surface area contributed by atoms with Gasteiger partial charge in [-0.2, -0.15) is 0 Å². The number of halogens is 3. The zero-order valence-electron chi connectivity index (χ0n) is 12.1. The van der Waals surface area contributed by atoms with E-state index in [2.05, 4.69) is 5.32 Å². The molecule has 21 heavy (non-hydrogen) atoms. The molecule has 0 saturated heterocycles. The van der Waals surface area contributed by atoms with Crippen LogP contribution in [0.15, 0.2) is 36.4 Å². The summed E-state index contributed by atoms with van der Waals surface area (Å²) in [6.07, 6.45) is 0.502. The lowest BCUT2D eigenvalue weighted by Gasteiger charge is -2.20. The fraction of sp³-hybridized carbons (Fsp3) is 0.294. The van der Waals surface area contributed by atoms with Crippen molar-refractivity contribution in [1.82, 2.24) is 5.32 Å². The molecule has 0 aliphatic carbocycles. The molecule has 0 fully saturated rings. The fourth-order valence-electron chi connectivity index (χ4n) is 2.37. The van der Waals surface area contributed by atoms with Crippen LogP contribution in [0, 0.1) is 18.6 Å². The molecule has 2 aromatic rings. The molecule has 1 N–H and O–H groups in total. The van der Waals surface area contributed by atoms with Crippen molar-refractivity contribution in [2.75, 3.05) is 6.54 Å². The molecule has 2 rings (SSSR count). The van der Waals surface area contributed by atoms with Gasteiger partial charge in [0.1, 0.15) is 11.6 Å². The molecule has 112 valence electrons. The number of hydrogen-bond donors (Lipinski definition) is 1. The Bertz CT molecular complexity index is 628. The Kier molecular flexibility index (Phi) is 5.32. The summed E-state index contributed by atoms with van der Waals surface area (Å²) >= 11 is 5.69. The largest absolute Gasteiger partial charge is 0.310 e. The molecule has 0 aliphatic heterocycles. The summed E-state index contributed by atoms with van der Waals surface area (Å²) < 4.78 is 27.6. The van der Waals surface area contributed by atoms with Crippen molar-refractivity contribution < 1.29 is 8.78 Å². The minimum atomic E-state index is -0.450. The molecular formula is C17H18ClF2N. The van der Waals surface area contributed by atoms with E-state index < -0.39 is 5.82 Å². The van der Waals surface area contributed by atoms with Gasteiger partial charge in [0.15, 0.2) is 0 Å². The van der Waals surface area contributed by atoms with Gasteiger partial charge < -0.3 is 5.32 Å². The van der Waals surface area contributed by atoms with E-state index in [-0.39, 0.29) is 16.9 Å². The maximum atomic E-state index is 14.1. The van der Waals surface area contributed by atoms with Crippen LogP contribution in [0.1, 0.15) is 29.7 Å². The third-order valence-corrected chi connectivity index (χ3v) is 3.71. The number of nitrogens with one attached hydrogen (secondary N) is 1. The van der Waals surface area contributed by atoms with Gasteiger partial charge in [0.25, 0.3) is 0 Å². The van der Waals surface area contributed by atoms with Crippen molar-refractivity contribution in [3.8, 4) is 0 Å². The minimum absolute atomic E-state index is 0.0977. The van der Waals surface area contributed by atoms with E-state index >= 15 is 0 Å². The Morgan fingerprint density at radius 3 is 2.52 bits per heavy atom. The zero-order chi connectivity index (χ0) is 15.4. The molecule has 0 aromatic heterocycles. The number of rotatable bonds is 5. The third-order valence-electron chi connectivity index (χ3n) is 3.40. The maximum Gasteiger partial charge on any atom is 0.142 e. The van der Waals surface area contributed by atoms with Crippen LogP contribution in [0.2, 0.25) is 5.02 Å². The van der Waals surface area contributed by atoms with Gasteiger partial charge in [0, 0.05) is 11.6 Å². The molecule has 0 aliphatic rings. The van der Waals surface area contributed by atoms with E-state index in [0.717, 1.165) is 11.1 Å². The normalized spacial score (nSPS) is 12.4. The van der Waals surface area contributed by atoms with Gasteiger partial charge in [-0.15, -0.1) is 0 Å². The van der Waals surface area contributed by atoms with Crippen LogP contribution < -0.4 is 5.32 Å². The first-order chi connectivity index (χ1) is 10.0. The van der Waals surface area contributed by atoms with Crippen molar-refractivity contribution in [3.05, 3.63) is 69.7 Å². The Hall–Kier alpha value is -1.45. The highest BCUT2D eigenvalue weighted by atomic mass is 35.5. The molecule has 0 spiro atoms. The highest BCUT2D eigenvalue weighted by Gasteiger charge is 2.16. The van der Waals surface area contributed by atoms with Crippen molar-refractivity contribution in [2.45, 2.75) is 26.3 Å². The zero-order valence-corrected chi connectivity index (χ0v) is 12.8. The first-order valence-electron chi connectivity index (χ1n) is 6.94. The van der Waals surface area contributed by atoms with Gasteiger partial charge >= 0.3 is 0 Å². The smallest absolute Gasteiger partial charge is 0.142 e. The Labute approximate surface area is 128 Å². The second-order valence-electron chi connectivity index (χ2n) is 5.09. The van der Waals surface area contributed by atoms with Crippen molar-refractivity contribution in [3.63, 3.8) is 0 Å². The average molecular weight is 310 g/mol. The van der Waals surface area contributed by atoms with Crippen LogP contribution in [0.25, 0.3) is 0 Å². The van der Waals surface area contributed by atoms with Crippen LogP contribution >= 0.6 is 11.6 Å². The summed E-state index contributed by atoms with van der Waals surface area (Å²) in [4.78, 5) is 0. The van der Waals surface area contributed by atoms with Crippen LogP contribution in [0.4, 0.5) is 8.78 Å². The van der Waals surface area contributed by atoms with E-state index in [9.17, 15) is 8.78 Å². The van der Waals surface area contributed by atoms with Crippen LogP contribution in [0.3, 0.4) is 0 Å². The predicted molar refractivity (Wildman–Crippen MR) is 82.7 cm³/mol. The van der Waals surface area contributed by atoms with Gasteiger partial charge in [-0.1, -0.05) is 42.3 Å². The lowest BCUT2D eigenvalue weighted by atomic mass is 9.97. The molecule has 2 aromatic carbocycles. The molecule has 0 bridgehead atoms. The van der Waals surface area contributed by atoms with Crippen LogP contribution in [-0.2, 0) is 6.42 Å². The molecule has 1 nitrogen and oxygen atoms in total. The summed E-state index contributed by atoms with van der Waals surface area (Å²) in [5.74, 6) is -0.699. The van der Waals surface area contributed by atoms with Crippen LogP contribution in [0.5, 0.6) is 0 Å². The van der Waals surface area contributed by atoms with Gasteiger partial charge in [0.2, 0.25) is 0 Å². The number of hydrogen-bond acceptors (Lipinski definition) is 1. The highest BCUT2D eigenvalue weighted by Crippen LogP contribution is 2.24. The van der Waals surface area contributed by atoms with Crippen molar-refractivity contribution in [1.29, 1.82) is 0 Å². The monoisotopic (exact) mass is 309 g/mol. The first-order valence-corrected chi connectivity index (χ1v) is 7.32. The van der Waals surface area contributed by atoms with Crippen LogP contribution in [-0.4, -0.2) is 6.54 Å². The second-order valence-corrected chi connectivity index (χ2v) is 5.50. The predicted octanol–water partition coefficient (Wildman–Crippen LogP) is 4.82. The lowest BCUT2D eigenvalue weighted by molar-refractivity contribution is 0.508. The standard InChI is InChI=1S/C17H18ClF2N/c1-3-21-17(13-8-11(2)4-7-15(13)19)10-12-5-6-14(18)16(20)9-12/h4-9,17,21H,3,10H2,1-2H3. The third kappa shape index (κ3) is 4.02. The highest BCUT2D eigenvalue weighted by molar-refractivity contribution is 6.30. The van der Waals surface area contributed by atoms with E-state index in [1.807, 2.05) is 19.9 Å². The Balaban J connectivity index is 2.30. The first kappa shape index (κ1) is 15.9. The SMILES string of the molecule is CCNC(Cc1ccc(Cl)c(F)c1)c1cc(C)ccc1F. The number of likely N-dealkylation sites (N-methyl/N-ethyl adjacent to an activating group) is 1. The lowest BCUT2D eigenvalue weighted by Crippen LogP contribution is -2.24. The van der Waals surface area contributed by atoms with Gasteiger partial charge in [-0.3, -0.25) is 0 Å². The molecule has 1 unspecified atom stereocenters. The Morgan fingerprint density at radius 1 is 1.10 bits per heavy atom. The topological polar surface area (TPSA) is 12.0 Å². The van der Waals surface area contributed by atoms with Gasteiger partial charge in [0.05, 0.1) is 5.02 Å². The number of aryl methyl sites for hydroxylation is 1. The summed E-state index contributed by atoms with van der Waals surface area (Å²) in [7, 11) is 0. The average Bonchev–Trinajstić information content (AvgIpc) is 2.45. The van der Waals surface area contributed by atoms with Gasteiger partial charge in [-0.25, -0.2) is 8.78 Å². The second kappa shape index (κ2) is 7.01. The molecule has 0 amide bonds. The van der Waals surface area contributed by atoms with Crippen molar-refractivity contribution in [2.24, 2.45) is 0 Å². The summed E-state index contributed by atoms with van der Waals surface area (Å²) in [6, 6.07) is 9.54. The number of benzene rings is 2. The van der Waals surface area contributed by atoms with E-state index in [0.29, 0.717) is 18.5 Å².